The number of fused-ring (bicyclic) bond motifs is 3. The van der Waals surface area contributed by atoms with Crippen molar-refractivity contribution in [2.75, 3.05) is 24.4 Å². The summed E-state index contributed by atoms with van der Waals surface area (Å²) in [7, 11) is 0. The van der Waals surface area contributed by atoms with Gasteiger partial charge in [0.15, 0.2) is 5.16 Å². The van der Waals surface area contributed by atoms with Gasteiger partial charge < -0.3 is 4.74 Å². The predicted octanol–water partition coefficient (Wildman–Crippen LogP) is 4.79. The Morgan fingerprint density at radius 1 is 1.22 bits per heavy atom. The van der Waals surface area contributed by atoms with Crippen LogP contribution in [0.1, 0.15) is 23.8 Å². The van der Waals surface area contributed by atoms with E-state index < -0.39 is 0 Å². The molecule has 1 aliphatic rings. The highest BCUT2D eigenvalue weighted by molar-refractivity contribution is 8.02. The van der Waals surface area contributed by atoms with Gasteiger partial charge in [0.25, 0.3) is 5.56 Å². The average molecular weight is 419 g/mol. The topological polar surface area (TPSA) is 44.1 Å². The average Bonchev–Trinajstić information content (AvgIpc) is 3.24. The Bertz CT molecular complexity index is 1010. The largest absolute Gasteiger partial charge is 0.494 e. The van der Waals surface area contributed by atoms with Gasteiger partial charge in [0, 0.05) is 16.4 Å². The zero-order valence-electron chi connectivity index (χ0n) is 15.5. The van der Waals surface area contributed by atoms with Gasteiger partial charge in [0.2, 0.25) is 0 Å². The van der Waals surface area contributed by atoms with E-state index in [2.05, 4.69) is 6.26 Å². The molecule has 142 valence electrons. The smallest absolute Gasteiger partial charge is 0.267 e. The highest BCUT2D eigenvalue weighted by Gasteiger charge is 2.23. The Kier molecular flexibility index (Phi) is 5.80. The van der Waals surface area contributed by atoms with E-state index in [0.29, 0.717) is 6.61 Å². The van der Waals surface area contributed by atoms with Crippen LogP contribution >= 0.6 is 34.9 Å². The fourth-order valence-corrected chi connectivity index (χ4v) is 6.39. The molecule has 4 nitrogen and oxygen atoms in total. The first kappa shape index (κ1) is 18.9. The number of benzene rings is 1. The van der Waals surface area contributed by atoms with E-state index >= 15 is 0 Å². The van der Waals surface area contributed by atoms with Crippen molar-refractivity contribution in [2.45, 2.75) is 31.3 Å². The first-order valence-electron chi connectivity index (χ1n) is 9.15. The molecule has 0 aliphatic heterocycles. The van der Waals surface area contributed by atoms with Crippen molar-refractivity contribution < 1.29 is 4.74 Å². The lowest BCUT2D eigenvalue weighted by atomic mass is 10.2. The first-order chi connectivity index (χ1) is 13.2. The van der Waals surface area contributed by atoms with Crippen LogP contribution in [0.15, 0.2) is 34.2 Å². The highest BCUT2D eigenvalue weighted by atomic mass is 32.2. The summed E-state index contributed by atoms with van der Waals surface area (Å²) in [6.07, 6.45) is 5.31. The summed E-state index contributed by atoms with van der Waals surface area (Å²) >= 11 is 5.17. The maximum Gasteiger partial charge on any atom is 0.267 e. The maximum absolute atomic E-state index is 13.5. The molecule has 0 saturated carbocycles. The van der Waals surface area contributed by atoms with Gasteiger partial charge in [-0.3, -0.25) is 9.36 Å². The van der Waals surface area contributed by atoms with Gasteiger partial charge >= 0.3 is 0 Å². The monoisotopic (exact) mass is 418 g/mol. The molecular weight excluding hydrogens is 396 g/mol. The van der Waals surface area contributed by atoms with Crippen LogP contribution in [0.4, 0.5) is 0 Å². The van der Waals surface area contributed by atoms with E-state index in [1.54, 1.807) is 27.7 Å². The lowest BCUT2D eigenvalue weighted by molar-refractivity contribution is 0.340. The minimum absolute atomic E-state index is 0.0650. The van der Waals surface area contributed by atoms with Crippen LogP contribution in [0.3, 0.4) is 0 Å². The van der Waals surface area contributed by atoms with Gasteiger partial charge in [0.05, 0.1) is 17.7 Å². The van der Waals surface area contributed by atoms with E-state index in [1.807, 2.05) is 43.0 Å². The SMILES string of the molecule is CCOc1ccc(-n2c(SCCSC)nc3sc4c(c3c2=O)CCC4)cc1. The zero-order valence-corrected chi connectivity index (χ0v) is 17.9. The number of aromatic nitrogens is 2. The van der Waals surface area contributed by atoms with Crippen LogP contribution in [0.25, 0.3) is 15.9 Å². The number of nitrogens with zero attached hydrogens (tertiary/aromatic N) is 2. The molecule has 27 heavy (non-hydrogen) atoms. The summed E-state index contributed by atoms with van der Waals surface area (Å²) in [5.74, 6) is 2.78. The Morgan fingerprint density at radius 3 is 2.78 bits per heavy atom. The molecule has 0 N–H and O–H groups in total. The van der Waals surface area contributed by atoms with Gasteiger partial charge in [0.1, 0.15) is 10.6 Å². The fourth-order valence-electron chi connectivity index (χ4n) is 3.42. The highest BCUT2D eigenvalue weighted by Crippen LogP contribution is 2.36. The Balaban J connectivity index is 1.85. The van der Waals surface area contributed by atoms with Gasteiger partial charge in [-0.25, -0.2) is 4.98 Å². The molecule has 1 aromatic carbocycles. The van der Waals surface area contributed by atoms with Gasteiger partial charge in [-0.2, -0.15) is 11.8 Å². The summed E-state index contributed by atoms with van der Waals surface area (Å²) in [6.45, 7) is 2.59. The normalized spacial score (nSPS) is 13.3. The van der Waals surface area contributed by atoms with Crippen LogP contribution in [0.2, 0.25) is 0 Å². The molecule has 0 amide bonds. The standard InChI is InChI=1S/C20H22N2O2S3/c1-3-24-14-9-7-13(8-10-14)22-19(23)17-15-5-4-6-16(15)27-18(17)21-20(22)26-12-11-25-2/h7-10H,3-6,11-12H2,1-2H3. The molecule has 0 bridgehead atoms. The first-order valence-corrected chi connectivity index (χ1v) is 12.3. The van der Waals surface area contributed by atoms with Crippen LogP contribution in [0.5, 0.6) is 5.75 Å². The van der Waals surface area contributed by atoms with Crippen molar-refractivity contribution in [3.8, 4) is 11.4 Å². The summed E-state index contributed by atoms with van der Waals surface area (Å²) in [4.78, 5) is 20.7. The van der Waals surface area contributed by atoms with Crippen molar-refractivity contribution >= 4 is 45.1 Å². The molecule has 0 atom stereocenters. The van der Waals surface area contributed by atoms with Crippen LogP contribution in [-0.2, 0) is 12.8 Å². The van der Waals surface area contributed by atoms with E-state index in [0.717, 1.165) is 57.6 Å². The lowest BCUT2D eigenvalue weighted by Gasteiger charge is -2.13. The minimum atomic E-state index is 0.0650. The summed E-state index contributed by atoms with van der Waals surface area (Å²) < 4.78 is 7.33. The second kappa shape index (κ2) is 8.29. The number of rotatable bonds is 7. The van der Waals surface area contributed by atoms with Crippen LogP contribution < -0.4 is 10.3 Å². The number of ether oxygens (including phenoxy) is 1. The molecular formula is C20H22N2O2S3. The molecule has 4 rings (SSSR count). The third kappa shape index (κ3) is 3.65. The van der Waals surface area contributed by atoms with Crippen molar-refractivity contribution in [3.63, 3.8) is 0 Å². The number of thiophene rings is 1. The van der Waals surface area contributed by atoms with E-state index in [1.165, 1.54) is 10.4 Å². The maximum atomic E-state index is 13.5. The molecule has 0 fully saturated rings. The van der Waals surface area contributed by atoms with Crippen molar-refractivity contribution in [3.05, 3.63) is 45.1 Å². The minimum Gasteiger partial charge on any atom is -0.494 e. The van der Waals surface area contributed by atoms with E-state index in [-0.39, 0.29) is 5.56 Å². The number of thioether (sulfide) groups is 2. The molecule has 0 spiro atoms. The van der Waals surface area contributed by atoms with Crippen LogP contribution in [0, 0.1) is 0 Å². The van der Waals surface area contributed by atoms with E-state index in [9.17, 15) is 4.79 Å². The van der Waals surface area contributed by atoms with E-state index in [4.69, 9.17) is 9.72 Å². The Labute approximate surface area is 171 Å². The summed E-state index contributed by atoms with van der Waals surface area (Å²) in [5.41, 5.74) is 2.14. The molecule has 2 aromatic heterocycles. The van der Waals surface area contributed by atoms with Gasteiger partial charge in [-0.1, -0.05) is 11.8 Å². The number of hydrogen-bond donors (Lipinski definition) is 0. The van der Waals surface area contributed by atoms with Gasteiger partial charge in [-0.05, 0) is 62.3 Å². The molecule has 0 radical (unpaired) electrons. The quantitative estimate of drug-likeness (QED) is 0.314. The molecule has 1 aliphatic carbocycles. The number of hydrogen-bond acceptors (Lipinski definition) is 6. The molecule has 0 unspecified atom stereocenters. The summed E-state index contributed by atoms with van der Waals surface area (Å²) in [5, 5.41) is 1.61. The second-order valence-electron chi connectivity index (χ2n) is 6.34. The third-order valence-corrected chi connectivity index (χ3v) is 7.63. The fraction of sp³-hybridized carbons (Fsp3) is 0.400. The molecule has 0 saturated heterocycles. The number of aryl methyl sites for hydroxylation is 2. The van der Waals surface area contributed by atoms with Crippen molar-refractivity contribution in [2.24, 2.45) is 0 Å². The lowest BCUT2D eigenvalue weighted by Crippen LogP contribution is -2.22. The molecule has 3 aromatic rings. The third-order valence-electron chi connectivity index (χ3n) is 4.63. The predicted molar refractivity (Wildman–Crippen MR) is 118 cm³/mol. The van der Waals surface area contributed by atoms with Gasteiger partial charge in [-0.15, -0.1) is 11.3 Å². The molecule has 2 heterocycles. The second-order valence-corrected chi connectivity index (χ2v) is 9.47. The summed E-state index contributed by atoms with van der Waals surface area (Å²) in [6, 6.07) is 7.74. The van der Waals surface area contributed by atoms with Crippen molar-refractivity contribution in [1.82, 2.24) is 9.55 Å². The van der Waals surface area contributed by atoms with Crippen LogP contribution in [-0.4, -0.2) is 33.9 Å². The molecule has 7 heteroatoms. The van der Waals surface area contributed by atoms with Crippen molar-refractivity contribution in [1.29, 1.82) is 0 Å². The Hall–Kier alpha value is -1.44. The zero-order chi connectivity index (χ0) is 18.8. The Morgan fingerprint density at radius 2 is 2.04 bits per heavy atom.